The molecule has 5 heteroatoms. The van der Waals surface area contributed by atoms with Gasteiger partial charge in [-0.05, 0) is 36.6 Å². The van der Waals surface area contributed by atoms with E-state index in [2.05, 4.69) is 15.9 Å². The lowest BCUT2D eigenvalue weighted by atomic mass is 10.1. The van der Waals surface area contributed by atoms with Crippen molar-refractivity contribution in [1.29, 1.82) is 0 Å². The topological polar surface area (TPSA) is 57.6 Å². The molecule has 0 aliphatic carbocycles. The number of amides is 1. The van der Waals surface area contributed by atoms with Crippen LogP contribution in [0, 0.1) is 12.8 Å². The quantitative estimate of drug-likeness (QED) is 0.904. The minimum absolute atomic E-state index is 0.221. The van der Waals surface area contributed by atoms with E-state index in [0.29, 0.717) is 12.1 Å². The van der Waals surface area contributed by atoms with Crippen LogP contribution in [0.5, 0.6) is 0 Å². The van der Waals surface area contributed by atoms with Gasteiger partial charge in [0.15, 0.2) is 0 Å². The SMILES string of the molecule is Cc1cc(Br)ccc1C(=O)N(CC(=O)O)CC(C)C. The van der Waals surface area contributed by atoms with Gasteiger partial charge in [-0.1, -0.05) is 29.8 Å². The first-order valence-electron chi connectivity index (χ1n) is 6.08. The molecule has 0 bridgehead atoms. The van der Waals surface area contributed by atoms with Gasteiger partial charge in [-0.15, -0.1) is 0 Å². The van der Waals surface area contributed by atoms with Gasteiger partial charge in [-0.3, -0.25) is 9.59 Å². The lowest BCUT2D eigenvalue weighted by Crippen LogP contribution is -2.38. The van der Waals surface area contributed by atoms with Crippen LogP contribution in [0.15, 0.2) is 22.7 Å². The summed E-state index contributed by atoms with van der Waals surface area (Å²) in [6.45, 7) is 5.91. The maximum absolute atomic E-state index is 12.4. The van der Waals surface area contributed by atoms with E-state index in [4.69, 9.17) is 5.11 Å². The van der Waals surface area contributed by atoms with Gasteiger partial charge in [-0.2, -0.15) is 0 Å². The maximum atomic E-state index is 12.4. The molecule has 1 N–H and O–H groups in total. The number of carboxylic acid groups (broad SMARTS) is 1. The highest BCUT2D eigenvalue weighted by Crippen LogP contribution is 2.18. The third-order valence-electron chi connectivity index (χ3n) is 2.62. The zero-order valence-electron chi connectivity index (χ0n) is 11.3. The summed E-state index contributed by atoms with van der Waals surface area (Å²) in [5.41, 5.74) is 1.38. The van der Waals surface area contributed by atoms with Crippen LogP contribution in [0.2, 0.25) is 0 Å². The Morgan fingerprint density at radius 2 is 2.00 bits per heavy atom. The highest BCUT2D eigenvalue weighted by molar-refractivity contribution is 9.10. The molecule has 0 atom stereocenters. The largest absolute Gasteiger partial charge is 0.480 e. The van der Waals surface area contributed by atoms with Crippen molar-refractivity contribution in [3.63, 3.8) is 0 Å². The average molecular weight is 328 g/mol. The third kappa shape index (κ3) is 4.67. The summed E-state index contributed by atoms with van der Waals surface area (Å²) < 4.78 is 0.898. The van der Waals surface area contributed by atoms with E-state index < -0.39 is 5.97 Å². The van der Waals surface area contributed by atoms with E-state index in [9.17, 15) is 9.59 Å². The number of aryl methyl sites for hydroxylation is 1. The number of rotatable bonds is 5. The van der Waals surface area contributed by atoms with Crippen LogP contribution in [0.4, 0.5) is 0 Å². The van der Waals surface area contributed by atoms with Crippen LogP contribution in [0.3, 0.4) is 0 Å². The number of halogens is 1. The van der Waals surface area contributed by atoms with Crippen molar-refractivity contribution in [2.24, 2.45) is 5.92 Å². The van der Waals surface area contributed by atoms with Gasteiger partial charge in [0.05, 0.1) is 0 Å². The molecule has 0 saturated carbocycles. The molecule has 0 fully saturated rings. The Kier molecular flexibility index (Phi) is 5.54. The zero-order chi connectivity index (χ0) is 14.6. The van der Waals surface area contributed by atoms with Crippen molar-refractivity contribution < 1.29 is 14.7 Å². The van der Waals surface area contributed by atoms with Crippen molar-refractivity contribution in [3.05, 3.63) is 33.8 Å². The standard InChI is InChI=1S/C14H18BrNO3/c1-9(2)7-16(8-13(17)18)14(19)12-5-4-11(15)6-10(12)3/h4-6,9H,7-8H2,1-3H3,(H,17,18). The van der Waals surface area contributed by atoms with Crippen LogP contribution < -0.4 is 0 Å². The number of carboxylic acids is 1. The van der Waals surface area contributed by atoms with Crippen LogP contribution in [-0.4, -0.2) is 35.0 Å². The van der Waals surface area contributed by atoms with Gasteiger partial charge in [0, 0.05) is 16.6 Å². The van der Waals surface area contributed by atoms with Gasteiger partial charge in [0.25, 0.3) is 5.91 Å². The van der Waals surface area contributed by atoms with E-state index in [-0.39, 0.29) is 18.4 Å². The van der Waals surface area contributed by atoms with E-state index >= 15 is 0 Å². The Morgan fingerprint density at radius 1 is 1.37 bits per heavy atom. The Morgan fingerprint density at radius 3 is 2.47 bits per heavy atom. The van der Waals surface area contributed by atoms with E-state index in [0.717, 1.165) is 10.0 Å². The zero-order valence-corrected chi connectivity index (χ0v) is 12.9. The van der Waals surface area contributed by atoms with Crippen LogP contribution >= 0.6 is 15.9 Å². The summed E-state index contributed by atoms with van der Waals surface area (Å²) in [5, 5.41) is 8.90. The van der Waals surface area contributed by atoms with Crippen molar-refractivity contribution in [2.75, 3.05) is 13.1 Å². The minimum Gasteiger partial charge on any atom is -0.480 e. The molecular weight excluding hydrogens is 310 g/mol. The summed E-state index contributed by atoms with van der Waals surface area (Å²) in [6.07, 6.45) is 0. The molecule has 19 heavy (non-hydrogen) atoms. The normalized spacial score (nSPS) is 10.6. The van der Waals surface area contributed by atoms with Gasteiger partial charge in [0.2, 0.25) is 0 Å². The number of benzene rings is 1. The highest BCUT2D eigenvalue weighted by Gasteiger charge is 2.20. The number of aliphatic carboxylic acids is 1. The van der Waals surface area contributed by atoms with Gasteiger partial charge >= 0.3 is 5.97 Å². The Bertz CT molecular complexity index is 486. The van der Waals surface area contributed by atoms with Crippen LogP contribution in [0.1, 0.15) is 29.8 Å². The summed E-state index contributed by atoms with van der Waals surface area (Å²) in [7, 11) is 0. The Balaban J connectivity index is 3.00. The second-order valence-corrected chi connectivity index (χ2v) is 5.85. The molecular formula is C14H18BrNO3. The molecule has 104 valence electrons. The summed E-state index contributed by atoms with van der Waals surface area (Å²) in [4.78, 5) is 24.6. The number of hydrogen-bond donors (Lipinski definition) is 1. The molecule has 0 unspecified atom stereocenters. The minimum atomic E-state index is -0.997. The molecule has 1 rings (SSSR count). The van der Waals surface area contributed by atoms with E-state index in [1.54, 1.807) is 12.1 Å². The van der Waals surface area contributed by atoms with Crippen molar-refractivity contribution in [2.45, 2.75) is 20.8 Å². The lowest BCUT2D eigenvalue weighted by Gasteiger charge is -2.23. The number of carbonyl (C=O) groups excluding carboxylic acids is 1. The molecule has 1 amide bonds. The van der Waals surface area contributed by atoms with Gasteiger partial charge < -0.3 is 10.0 Å². The molecule has 0 heterocycles. The molecule has 0 spiro atoms. The highest BCUT2D eigenvalue weighted by atomic mass is 79.9. The van der Waals surface area contributed by atoms with E-state index in [1.807, 2.05) is 26.8 Å². The fourth-order valence-corrected chi connectivity index (χ4v) is 2.34. The first kappa shape index (κ1) is 15.7. The Hall–Kier alpha value is -1.36. The van der Waals surface area contributed by atoms with Crippen LogP contribution in [0.25, 0.3) is 0 Å². The number of carbonyl (C=O) groups is 2. The number of hydrogen-bond acceptors (Lipinski definition) is 2. The summed E-state index contributed by atoms with van der Waals surface area (Å²) in [5.74, 6) is -1.01. The fourth-order valence-electron chi connectivity index (χ4n) is 1.86. The van der Waals surface area contributed by atoms with Crippen molar-refractivity contribution in [3.8, 4) is 0 Å². The predicted molar refractivity (Wildman–Crippen MR) is 77.3 cm³/mol. The number of nitrogens with zero attached hydrogens (tertiary/aromatic N) is 1. The molecule has 4 nitrogen and oxygen atoms in total. The molecule has 0 aromatic heterocycles. The van der Waals surface area contributed by atoms with Gasteiger partial charge in [0.1, 0.15) is 6.54 Å². The molecule has 0 saturated heterocycles. The first-order valence-corrected chi connectivity index (χ1v) is 6.87. The molecule has 0 radical (unpaired) electrons. The monoisotopic (exact) mass is 327 g/mol. The smallest absolute Gasteiger partial charge is 0.323 e. The van der Waals surface area contributed by atoms with Crippen molar-refractivity contribution >= 4 is 27.8 Å². The van der Waals surface area contributed by atoms with Crippen LogP contribution in [-0.2, 0) is 4.79 Å². The molecule has 0 aliphatic rings. The third-order valence-corrected chi connectivity index (χ3v) is 3.11. The molecule has 1 aromatic carbocycles. The Labute approximate surface area is 121 Å². The van der Waals surface area contributed by atoms with Gasteiger partial charge in [-0.25, -0.2) is 0 Å². The van der Waals surface area contributed by atoms with Crippen molar-refractivity contribution in [1.82, 2.24) is 4.90 Å². The second kappa shape index (κ2) is 6.70. The predicted octanol–water partition coefficient (Wildman–Crippen LogP) is 2.94. The first-order chi connectivity index (χ1) is 8.81. The maximum Gasteiger partial charge on any atom is 0.323 e. The summed E-state index contributed by atoms with van der Waals surface area (Å²) in [6, 6.07) is 5.35. The molecule has 0 aliphatic heterocycles. The second-order valence-electron chi connectivity index (χ2n) is 4.93. The summed E-state index contributed by atoms with van der Waals surface area (Å²) >= 11 is 3.34. The van der Waals surface area contributed by atoms with E-state index in [1.165, 1.54) is 4.90 Å². The molecule has 1 aromatic rings. The average Bonchev–Trinajstić information content (AvgIpc) is 2.26. The lowest BCUT2D eigenvalue weighted by molar-refractivity contribution is -0.137. The fraction of sp³-hybridized carbons (Fsp3) is 0.429.